The van der Waals surface area contributed by atoms with E-state index in [2.05, 4.69) is 15.8 Å². The molecule has 2 aromatic rings. The van der Waals surface area contributed by atoms with E-state index in [0.717, 1.165) is 17.7 Å². The van der Waals surface area contributed by atoms with Gasteiger partial charge >= 0.3 is 0 Å². The van der Waals surface area contributed by atoms with E-state index in [0.29, 0.717) is 11.5 Å². The van der Waals surface area contributed by atoms with Gasteiger partial charge in [0.05, 0.1) is 11.9 Å². The molecule has 0 fully saturated rings. The second kappa shape index (κ2) is 6.57. The van der Waals surface area contributed by atoms with Gasteiger partial charge in [-0.05, 0) is 48.1 Å². The van der Waals surface area contributed by atoms with Gasteiger partial charge in [0.2, 0.25) is 6.79 Å². The first-order valence-electron chi connectivity index (χ1n) is 6.56. The molecule has 1 heterocycles. The molecule has 0 radical (unpaired) electrons. The van der Waals surface area contributed by atoms with Crippen LogP contribution in [-0.4, -0.2) is 18.1 Å². The maximum atomic E-state index is 13.5. The van der Waals surface area contributed by atoms with Crippen molar-refractivity contribution < 1.29 is 18.3 Å². The van der Waals surface area contributed by atoms with Gasteiger partial charge < -0.3 is 14.8 Å². The average molecular weight is 335 g/mol. The number of nitrogens with one attached hydrogen (secondary N) is 2. The normalized spacial score (nSPS) is 12.4. The Bertz CT molecular complexity index is 783. The van der Waals surface area contributed by atoms with Gasteiger partial charge in [0.15, 0.2) is 16.6 Å². The zero-order valence-corrected chi connectivity index (χ0v) is 12.5. The summed E-state index contributed by atoms with van der Waals surface area (Å²) in [6.07, 6.45) is 1.52. The summed E-state index contributed by atoms with van der Waals surface area (Å²) in [5, 5.41) is 6.60. The Balaban J connectivity index is 1.58. The van der Waals surface area contributed by atoms with Crippen LogP contribution in [-0.2, 0) is 0 Å². The molecule has 0 bridgehead atoms. The summed E-state index contributed by atoms with van der Waals surface area (Å²) in [5.74, 6) is -0.0798. The minimum Gasteiger partial charge on any atom is -0.454 e. The largest absolute Gasteiger partial charge is 0.454 e. The van der Waals surface area contributed by atoms with Crippen LogP contribution in [0.4, 0.5) is 14.5 Å². The zero-order chi connectivity index (χ0) is 16.2. The Hall–Kier alpha value is -2.74. The van der Waals surface area contributed by atoms with Gasteiger partial charge in [-0.2, -0.15) is 5.10 Å². The zero-order valence-electron chi connectivity index (χ0n) is 11.7. The van der Waals surface area contributed by atoms with E-state index in [1.165, 1.54) is 12.3 Å². The number of benzene rings is 2. The highest BCUT2D eigenvalue weighted by Gasteiger charge is 2.12. The first kappa shape index (κ1) is 15.2. The first-order chi connectivity index (χ1) is 11.1. The van der Waals surface area contributed by atoms with Crippen LogP contribution in [0.5, 0.6) is 11.5 Å². The molecule has 2 N–H and O–H groups in total. The lowest BCUT2D eigenvalue weighted by Crippen LogP contribution is -2.24. The minimum atomic E-state index is -0.742. The van der Waals surface area contributed by atoms with E-state index >= 15 is 0 Å². The highest BCUT2D eigenvalue weighted by atomic mass is 32.1. The average Bonchev–Trinajstić information content (AvgIpc) is 2.98. The van der Waals surface area contributed by atoms with Crippen molar-refractivity contribution in [3.8, 4) is 11.5 Å². The molecular weight excluding hydrogens is 324 g/mol. The summed E-state index contributed by atoms with van der Waals surface area (Å²) in [4.78, 5) is 0. The molecule has 118 valence electrons. The minimum absolute atomic E-state index is 0.0576. The molecule has 2 aromatic carbocycles. The van der Waals surface area contributed by atoms with E-state index < -0.39 is 11.6 Å². The van der Waals surface area contributed by atoms with E-state index in [9.17, 15) is 8.78 Å². The number of nitrogens with zero attached hydrogens (tertiary/aromatic N) is 1. The quantitative estimate of drug-likeness (QED) is 0.513. The smallest absolute Gasteiger partial charge is 0.231 e. The lowest BCUT2D eigenvalue weighted by Gasteiger charge is -2.07. The number of fused-ring (bicyclic) bond motifs is 1. The number of anilines is 1. The Morgan fingerprint density at radius 1 is 1.13 bits per heavy atom. The highest BCUT2D eigenvalue weighted by Crippen LogP contribution is 2.31. The van der Waals surface area contributed by atoms with Crippen LogP contribution in [0.15, 0.2) is 41.5 Å². The van der Waals surface area contributed by atoms with Crippen LogP contribution in [0.1, 0.15) is 5.56 Å². The molecule has 0 atom stereocenters. The molecule has 3 rings (SSSR count). The molecule has 8 heteroatoms. The maximum absolute atomic E-state index is 13.5. The van der Waals surface area contributed by atoms with Crippen LogP contribution >= 0.6 is 12.2 Å². The monoisotopic (exact) mass is 335 g/mol. The molecule has 5 nitrogen and oxygen atoms in total. The van der Waals surface area contributed by atoms with Crippen LogP contribution < -0.4 is 20.2 Å². The fraction of sp³-hybridized carbons (Fsp3) is 0.0667. The number of hydrazone groups is 1. The lowest BCUT2D eigenvalue weighted by molar-refractivity contribution is 0.174. The highest BCUT2D eigenvalue weighted by molar-refractivity contribution is 7.80. The summed E-state index contributed by atoms with van der Waals surface area (Å²) >= 11 is 4.98. The number of rotatable bonds is 3. The number of thiocarbonyl (C=S) groups is 1. The maximum Gasteiger partial charge on any atom is 0.231 e. The van der Waals surface area contributed by atoms with Gasteiger partial charge in [0.25, 0.3) is 0 Å². The number of halogens is 2. The summed E-state index contributed by atoms with van der Waals surface area (Å²) in [5.41, 5.74) is 3.38. The van der Waals surface area contributed by atoms with Gasteiger partial charge in [-0.1, -0.05) is 0 Å². The van der Waals surface area contributed by atoms with Crippen molar-refractivity contribution in [1.82, 2.24) is 5.43 Å². The molecule has 23 heavy (non-hydrogen) atoms. The van der Waals surface area contributed by atoms with Crippen molar-refractivity contribution in [1.29, 1.82) is 0 Å². The molecular formula is C15H11F2N3O2S. The predicted octanol–water partition coefficient (Wildman–Crippen LogP) is 3.01. The van der Waals surface area contributed by atoms with Crippen molar-refractivity contribution in [3.63, 3.8) is 0 Å². The third-order valence-electron chi connectivity index (χ3n) is 2.96. The Morgan fingerprint density at radius 2 is 1.96 bits per heavy atom. The summed E-state index contributed by atoms with van der Waals surface area (Å²) in [7, 11) is 0. The molecule has 0 aromatic heterocycles. The van der Waals surface area contributed by atoms with Gasteiger partial charge in [-0.15, -0.1) is 0 Å². The van der Waals surface area contributed by atoms with Crippen molar-refractivity contribution >= 4 is 29.2 Å². The van der Waals surface area contributed by atoms with E-state index in [1.807, 2.05) is 0 Å². The van der Waals surface area contributed by atoms with Crippen LogP contribution in [0, 0.1) is 11.6 Å². The lowest BCUT2D eigenvalue weighted by atomic mass is 10.2. The summed E-state index contributed by atoms with van der Waals surface area (Å²) in [6, 6.07) is 8.48. The number of hydrogen-bond donors (Lipinski definition) is 2. The number of ether oxygens (including phenoxy) is 2. The topological polar surface area (TPSA) is 54.9 Å². The van der Waals surface area contributed by atoms with Gasteiger partial charge in [-0.3, -0.25) is 5.43 Å². The SMILES string of the molecule is Fc1ccc(NC(=S)N/N=C/c2ccc3c(c2)OCO3)c(F)c1. The van der Waals surface area contributed by atoms with Crippen molar-refractivity contribution in [2.24, 2.45) is 5.10 Å². The van der Waals surface area contributed by atoms with Crippen molar-refractivity contribution in [2.75, 3.05) is 12.1 Å². The Kier molecular flexibility index (Phi) is 4.33. The second-order valence-electron chi connectivity index (χ2n) is 4.56. The van der Waals surface area contributed by atoms with Crippen LogP contribution in [0.25, 0.3) is 0 Å². The van der Waals surface area contributed by atoms with Crippen LogP contribution in [0.2, 0.25) is 0 Å². The molecule has 1 aliphatic heterocycles. The number of hydrogen-bond acceptors (Lipinski definition) is 4. The Labute approximate surface area is 135 Å². The van der Waals surface area contributed by atoms with Crippen molar-refractivity contribution in [3.05, 3.63) is 53.6 Å². The van der Waals surface area contributed by atoms with Gasteiger partial charge in [0.1, 0.15) is 11.6 Å². The molecule has 0 spiro atoms. The van der Waals surface area contributed by atoms with Gasteiger partial charge in [0, 0.05) is 6.07 Å². The van der Waals surface area contributed by atoms with E-state index in [-0.39, 0.29) is 17.6 Å². The standard InChI is InChI=1S/C15H11F2N3O2S/c16-10-2-3-12(11(17)6-10)19-15(23)20-18-7-9-1-4-13-14(5-9)22-8-21-13/h1-7H,8H2,(H2,19,20,23)/b18-7+. The predicted molar refractivity (Wildman–Crippen MR) is 85.9 cm³/mol. The summed E-state index contributed by atoms with van der Waals surface area (Å²) < 4.78 is 36.7. The van der Waals surface area contributed by atoms with Crippen LogP contribution in [0.3, 0.4) is 0 Å². The fourth-order valence-electron chi connectivity index (χ4n) is 1.90. The third-order valence-corrected chi connectivity index (χ3v) is 3.15. The molecule has 0 unspecified atom stereocenters. The van der Waals surface area contributed by atoms with Crippen molar-refractivity contribution in [2.45, 2.75) is 0 Å². The second-order valence-corrected chi connectivity index (χ2v) is 4.97. The van der Waals surface area contributed by atoms with Gasteiger partial charge in [-0.25, -0.2) is 8.78 Å². The molecule has 1 aliphatic rings. The fourth-order valence-corrected chi connectivity index (χ4v) is 2.06. The molecule has 0 saturated carbocycles. The molecule has 0 amide bonds. The third kappa shape index (κ3) is 3.72. The first-order valence-corrected chi connectivity index (χ1v) is 6.97. The van der Waals surface area contributed by atoms with E-state index in [1.54, 1.807) is 18.2 Å². The Morgan fingerprint density at radius 3 is 2.78 bits per heavy atom. The molecule has 0 saturated heterocycles. The molecule has 0 aliphatic carbocycles. The summed E-state index contributed by atoms with van der Waals surface area (Å²) in [6.45, 7) is 0.200. The van der Waals surface area contributed by atoms with E-state index in [4.69, 9.17) is 21.7 Å².